The SMILES string of the molecule is CC1(C)c2cc(-n3c4c(c5ccc(-c6ccccc6)cc53)C=CC(c3ccccc3)C4)ccc2-c2c1ccc1c2Cc2ccccc2-1. The lowest BCUT2D eigenvalue weighted by molar-refractivity contribution is 0.659. The summed E-state index contributed by atoms with van der Waals surface area (Å²) >= 11 is 0. The Bertz CT molecular complexity index is 2420. The number of hydrogen-bond donors (Lipinski definition) is 0. The van der Waals surface area contributed by atoms with Gasteiger partial charge in [-0.15, -0.1) is 0 Å². The van der Waals surface area contributed by atoms with Crippen LogP contribution in [0.5, 0.6) is 0 Å². The van der Waals surface area contributed by atoms with E-state index in [1.807, 2.05) is 0 Å². The first-order chi connectivity index (χ1) is 23.1. The minimum Gasteiger partial charge on any atom is -0.313 e. The van der Waals surface area contributed by atoms with Crippen LogP contribution in [0.4, 0.5) is 0 Å². The predicted molar refractivity (Wildman–Crippen MR) is 196 cm³/mol. The Hall–Kier alpha value is -5.40. The summed E-state index contributed by atoms with van der Waals surface area (Å²) in [5, 5.41) is 1.32. The smallest absolute Gasteiger partial charge is 0.0543 e. The molecule has 0 aliphatic heterocycles. The molecule has 1 aromatic heterocycles. The van der Waals surface area contributed by atoms with Crippen LogP contribution >= 0.6 is 0 Å². The quantitative estimate of drug-likeness (QED) is 0.190. The molecule has 1 nitrogen and oxygen atoms in total. The average molecular weight is 602 g/mol. The highest BCUT2D eigenvalue weighted by Crippen LogP contribution is 2.54. The van der Waals surface area contributed by atoms with Crippen molar-refractivity contribution in [1.82, 2.24) is 4.57 Å². The van der Waals surface area contributed by atoms with E-state index in [9.17, 15) is 0 Å². The normalized spacial score (nSPS) is 16.4. The first kappa shape index (κ1) is 26.8. The summed E-state index contributed by atoms with van der Waals surface area (Å²) in [6.07, 6.45) is 6.77. The molecule has 0 fully saturated rings. The van der Waals surface area contributed by atoms with Crippen LogP contribution in [-0.4, -0.2) is 4.57 Å². The topological polar surface area (TPSA) is 4.93 Å². The van der Waals surface area contributed by atoms with Gasteiger partial charge in [0.15, 0.2) is 0 Å². The summed E-state index contributed by atoms with van der Waals surface area (Å²) in [5.74, 6) is 0.347. The van der Waals surface area contributed by atoms with E-state index >= 15 is 0 Å². The van der Waals surface area contributed by atoms with Gasteiger partial charge in [0.05, 0.1) is 5.52 Å². The minimum atomic E-state index is -0.0881. The third-order valence-corrected chi connectivity index (χ3v) is 11.2. The first-order valence-electron chi connectivity index (χ1n) is 16.9. The molecular formula is C46H35N. The van der Waals surface area contributed by atoms with Gasteiger partial charge in [0, 0.05) is 33.7 Å². The number of rotatable bonds is 3. The zero-order valence-electron chi connectivity index (χ0n) is 26.8. The maximum absolute atomic E-state index is 2.58. The van der Waals surface area contributed by atoms with E-state index in [0.29, 0.717) is 5.92 Å². The van der Waals surface area contributed by atoms with E-state index in [1.165, 1.54) is 89.0 Å². The highest BCUT2D eigenvalue weighted by Gasteiger charge is 2.39. The van der Waals surface area contributed by atoms with E-state index in [1.54, 1.807) is 0 Å². The predicted octanol–water partition coefficient (Wildman–Crippen LogP) is 11.5. The Morgan fingerprint density at radius 1 is 0.638 bits per heavy atom. The van der Waals surface area contributed by atoms with Gasteiger partial charge in [0.1, 0.15) is 0 Å². The molecule has 0 spiro atoms. The van der Waals surface area contributed by atoms with Crippen LogP contribution in [0.15, 0.2) is 140 Å². The van der Waals surface area contributed by atoms with E-state index in [2.05, 4.69) is 164 Å². The second-order valence-electron chi connectivity index (χ2n) is 14.1. The van der Waals surface area contributed by atoms with Crippen molar-refractivity contribution in [2.45, 2.75) is 38.0 Å². The summed E-state index contributed by atoms with van der Waals surface area (Å²) in [6, 6.07) is 49.9. The fraction of sp³-hybridized carbons (Fsp3) is 0.130. The van der Waals surface area contributed by atoms with Gasteiger partial charge < -0.3 is 4.57 Å². The number of hydrogen-bond acceptors (Lipinski definition) is 0. The first-order valence-corrected chi connectivity index (χ1v) is 16.9. The molecule has 0 amide bonds. The summed E-state index contributed by atoms with van der Waals surface area (Å²) < 4.78 is 2.58. The zero-order valence-corrected chi connectivity index (χ0v) is 26.8. The van der Waals surface area contributed by atoms with Crippen LogP contribution in [0.1, 0.15) is 58.8 Å². The molecule has 6 aromatic carbocycles. The van der Waals surface area contributed by atoms with E-state index < -0.39 is 0 Å². The largest absolute Gasteiger partial charge is 0.313 e. The van der Waals surface area contributed by atoms with Gasteiger partial charge in [0.25, 0.3) is 0 Å². The molecule has 3 aliphatic carbocycles. The lowest BCUT2D eigenvalue weighted by atomic mass is 9.81. The Balaban J connectivity index is 1.18. The second-order valence-corrected chi connectivity index (χ2v) is 14.1. The average Bonchev–Trinajstić information content (AvgIpc) is 3.74. The molecule has 1 atom stereocenters. The van der Waals surface area contributed by atoms with Crippen LogP contribution in [0.3, 0.4) is 0 Å². The van der Waals surface area contributed by atoms with E-state index in [-0.39, 0.29) is 5.41 Å². The number of allylic oxidation sites excluding steroid dienone is 1. The van der Waals surface area contributed by atoms with Crippen molar-refractivity contribution in [3.8, 4) is 39.1 Å². The van der Waals surface area contributed by atoms with Crippen LogP contribution < -0.4 is 0 Å². The molecular weight excluding hydrogens is 567 g/mol. The molecule has 0 N–H and O–H groups in total. The Kier molecular flexibility index (Phi) is 5.58. The standard InChI is InChI=1S/C46H35N/c1-46(2)41-24-23-36-35-16-10-9-15-33(35)25-40(36)45(41)39-22-19-34(28-42(39)46)47-43-26-31(29-11-5-3-6-12-29)17-20-37(43)38-21-18-32(27-44(38)47)30-13-7-4-8-14-30/h3-24,26,28,32H,25,27H2,1-2H3. The molecule has 1 heteroatoms. The molecule has 1 unspecified atom stereocenters. The molecule has 7 aromatic rings. The third kappa shape index (κ3) is 3.83. The molecule has 0 radical (unpaired) electrons. The van der Waals surface area contributed by atoms with E-state index in [0.717, 1.165) is 12.8 Å². The molecule has 47 heavy (non-hydrogen) atoms. The Labute approximate surface area is 276 Å². The Morgan fingerprint density at radius 2 is 1.40 bits per heavy atom. The summed E-state index contributed by atoms with van der Waals surface area (Å²) in [7, 11) is 0. The summed E-state index contributed by atoms with van der Waals surface area (Å²) in [5.41, 5.74) is 20.5. The van der Waals surface area contributed by atoms with Crippen molar-refractivity contribution in [2.75, 3.05) is 0 Å². The van der Waals surface area contributed by atoms with Crippen molar-refractivity contribution >= 4 is 17.0 Å². The Morgan fingerprint density at radius 3 is 2.26 bits per heavy atom. The van der Waals surface area contributed by atoms with Gasteiger partial charge in [-0.05, 0) is 92.2 Å². The van der Waals surface area contributed by atoms with Crippen LogP contribution in [0.25, 0.3) is 56.0 Å². The van der Waals surface area contributed by atoms with Crippen LogP contribution in [0, 0.1) is 0 Å². The lowest BCUT2D eigenvalue weighted by Gasteiger charge is -2.24. The number of aromatic nitrogens is 1. The van der Waals surface area contributed by atoms with Crippen LogP contribution in [-0.2, 0) is 18.3 Å². The molecule has 0 saturated heterocycles. The molecule has 10 rings (SSSR count). The number of fused-ring (bicyclic) bond motifs is 10. The summed E-state index contributed by atoms with van der Waals surface area (Å²) in [6.45, 7) is 4.84. The minimum absolute atomic E-state index is 0.0881. The summed E-state index contributed by atoms with van der Waals surface area (Å²) in [4.78, 5) is 0. The van der Waals surface area contributed by atoms with Crippen molar-refractivity contribution in [1.29, 1.82) is 0 Å². The van der Waals surface area contributed by atoms with Crippen molar-refractivity contribution in [2.24, 2.45) is 0 Å². The number of benzene rings is 6. The van der Waals surface area contributed by atoms with Crippen molar-refractivity contribution in [3.63, 3.8) is 0 Å². The highest BCUT2D eigenvalue weighted by molar-refractivity contribution is 5.97. The molecule has 1 heterocycles. The highest BCUT2D eigenvalue weighted by atomic mass is 15.0. The fourth-order valence-corrected chi connectivity index (χ4v) is 8.87. The van der Waals surface area contributed by atoms with Gasteiger partial charge in [0.2, 0.25) is 0 Å². The molecule has 0 saturated carbocycles. The van der Waals surface area contributed by atoms with Gasteiger partial charge in [-0.1, -0.05) is 141 Å². The molecule has 224 valence electrons. The van der Waals surface area contributed by atoms with Crippen LogP contribution in [0.2, 0.25) is 0 Å². The van der Waals surface area contributed by atoms with E-state index in [4.69, 9.17) is 0 Å². The van der Waals surface area contributed by atoms with Gasteiger partial charge in [-0.2, -0.15) is 0 Å². The monoisotopic (exact) mass is 601 g/mol. The fourth-order valence-electron chi connectivity index (χ4n) is 8.87. The maximum atomic E-state index is 2.58. The van der Waals surface area contributed by atoms with Gasteiger partial charge in [-0.3, -0.25) is 0 Å². The number of nitrogens with zero attached hydrogens (tertiary/aromatic N) is 1. The zero-order chi connectivity index (χ0) is 31.3. The maximum Gasteiger partial charge on any atom is 0.0543 e. The third-order valence-electron chi connectivity index (χ3n) is 11.2. The lowest BCUT2D eigenvalue weighted by Crippen LogP contribution is -2.16. The van der Waals surface area contributed by atoms with Crippen molar-refractivity contribution in [3.05, 3.63) is 179 Å². The van der Waals surface area contributed by atoms with Gasteiger partial charge >= 0.3 is 0 Å². The second kappa shape index (κ2) is 9.80. The molecule has 0 bridgehead atoms. The molecule has 3 aliphatic rings. The van der Waals surface area contributed by atoms with Gasteiger partial charge in [-0.25, -0.2) is 0 Å². The van der Waals surface area contributed by atoms with Crippen molar-refractivity contribution < 1.29 is 0 Å².